The Morgan fingerprint density at radius 1 is 1.15 bits per heavy atom. The number of allylic oxidation sites excluding steroid dienone is 3. The van der Waals surface area contributed by atoms with Gasteiger partial charge in [-0.2, -0.15) is 0 Å². The van der Waals surface area contributed by atoms with E-state index in [9.17, 15) is 14.4 Å². The van der Waals surface area contributed by atoms with Gasteiger partial charge in [-0.1, -0.05) is 39.0 Å². The molecular weight excluding hydrogens is 420 g/mol. The van der Waals surface area contributed by atoms with E-state index in [1.165, 1.54) is 12.5 Å². The molecule has 0 bridgehead atoms. The third kappa shape index (κ3) is 6.27. The van der Waals surface area contributed by atoms with Crippen LogP contribution >= 0.6 is 0 Å². The maximum atomic E-state index is 12.9. The van der Waals surface area contributed by atoms with Gasteiger partial charge in [-0.25, -0.2) is 0 Å². The summed E-state index contributed by atoms with van der Waals surface area (Å²) >= 11 is 0. The Bertz CT molecular complexity index is 807. The lowest BCUT2D eigenvalue weighted by atomic mass is 9.65. The first kappa shape index (κ1) is 25.5. The zero-order valence-corrected chi connectivity index (χ0v) is 21.0. The molecule has 0 unspecified atom stereocenters. The van der Waals surface area contributed by atoms with Crippen molar-refractivity contribution in [3.05, 3.63) is 23.8 Å². The molecule has 0 amide bonds. The van der Waals surface area contributed by atoms with Crippen molar-refractivity contribution in [3.63, 3.8) is 0 Å². The maximum absolute atomic E-state index is 12.9. The summed E-state index contributed by atoms with van der Waals surface area (Å²) in [6.07, 6.45) is 9.70. The molecule has 0 N–H and O–H groups in total. The third-order valence-corrected chi connectivity index (χ3v) is 7.66. The van der Waals surface area contributed by atoms with E-state index in [1.54, 1.807) is 0 Å². The second-order valence-electron chi connectivity index (χ2n) is 10.8. The summed E-state index contributed by atoms with van der Waals surface area (Å²) in [5.74, 6) is 0.283. The highest BCUT2D eigenvalue weighted by atomic mass is 16.6. The van der Waals surface area contributed by atoms with Gasteiger partial charge in [0.1, 0.15) is 18.3 Å². The number of esters is 3. The van der Waals surface area contributed by atoms with Gasteiger partial charge in [0.15, 0.2) is 0 Å². The van der Waals surface area contributed by atoms with Gasteiger partial charge in [-0.15, -0.1) is 0 Å². The van der Waals surface area contributed by atoms with Crippen LogP contribution in [0.25, 0.3) is 0 Å². The van der Waals surface area contributed by atoms with Gasteiger partial charge in [0, 0.05) is 19.3 Å². The second kappa shape index (κ2) is 10.4. The van der Waals surface area contributed by atoms with Crippen molar-refractivity contribution in [1.82, 2.24) is 0 Å². The summed E-state index contributed by atoms with van der Waals surface area (Å²) < 4.78 is 17.0. The number of fused-ring (bicyclic) bond motifs is 1. The minimum absolute atomic E-state index is 0.122. The molecule has 3 rings (SSSR count). The molecule has 0 aromatic carbocycles. The number of cyclic esters (lactones) is 1. The molecule has 0 saturated carbocycles. The van der Waals surface area contributed by atoms with Crippen LogP contribution in [0.15, 0.2) is 23.8 Å². The minimum atomic E-state index is -0.502. The van der Waals surface area contributed by atoms with Crippen LogP contribution in [-0.4, -0.2) is 36.2 Å². The lowest BCUT2D eigenvalue weighted by molar-refractivity contribution is -0.170. The van der Waals surface area contributed by atoms with Crippen LogP contribution in [0.5, 0.6) is 0 Å². The van der Waals surface area contributed by atoms with Crippen molar-refractivity contribution in [2.75, 3.05) is 0 Å². The number of carbonyl (C=O) groups is 3. The van der Waals surface area contributed by atoms with E-state index < -0.39 is 11.5 Å². The fourth-order valence-electron chi connectivity index (χ4n) is 5.39. The molecule has 0 aromatic rings. The van der Waals surface area contributed by atoms with Crippen LogP contribution in [-0.2, 0) is 28.6 Å². The molecule has 1 heterocycles. The topological polar surface area (TPSA) is 78.9 Å². The van der Waals surface area contributed by atoms with Gasteiger partial charge in [-0.3, -0.25) is 14.4 Å². The average molecular weight is 461 g/mol. The molecule has 0 radical (unpaired) electrons. The first-order valence-electron chi connectivity index (χ1n) is 12.5. The van der Waals surface area contributed by atoms with E-state index in [2.05, 4.69) is 32.1 Å². The lowest BCUT2D eigenvalue weighted by Gasteiger charge is -2.44. The number of carbonyl (C=O) groups excluding carboxylic acids is 3. The van der Waals surface area contributed by atoms with Crippen LogP contribution in [0.4, 0.5) is 0 Å². The first-order chi connectivity index (χ1) is 15.5. The van der Waals surface area contributed by atoms with Crippen LogP contribution in [0.1, 0.15) is 80.1 Å². The third-order valence-electron chi connectivity index (χ3n) is 7.66. The zero-order chi connectivity index (χ0) is 24.3. The van der Waals surface area contributed by atoms with Crippen molar-refractivity contribution >= 4 is 17.9 Å². The van der Waals surface area contributed by atoms with Gasteiger partial charge in [0.2, 0.25) is 0 Å². The van der Waals surface area contributed by atoms with Gasteiger partial charge in [-0.05, 0) is 62.9 Å². The summed E-state index contributed by atoms with van der Waals surface area (Å²) in [5, 5.41) is 0. The van der Waals surface area contributed by atoms with Crippen LogP contribution in [0.3, 0.4) is 0 Å². The largest absolute Gasteiger partial charge is 0.462 e. The highest BCUT2D eigenvalue weighted by molar-refractivity contribution is 5.76. The summed E-state index contributed by atoms with van der Waals surface area (Å²) in [7, 11) is 0. The monoisotopic (exact) mass is 460 g/mol. The SMILES string of the molecule is CCC(C)(C)C(=O)O[C@H]1C[C@@H](C)C=C2C=C[C@H](C)[C@H](CC[C@H]3C[C@@H](OC(C)=O)CC(=O)O3)[C@H]21. The summed E-state index contributed by atoms with van der Waals surface area (Å²) in [4.78, 5) is 36.3. The van der Waals surface area contributed by atoms with E-state index in [0.29, 0.717) is 24.7 Å². The van der Waals surface area contributed by atoms with Gasteiger partial charge in [0.05, 0.1) is 11.8 Å². The molecule has 6 nitrogen and oxygen atoms in total. The Hall–Kier alpha value is -2.11. The summed E-state index contributed by atoms with van der Waals surface area (Å²) in [6.45, 7) is 11.6. The fourth-order valence-corrected chi connectivity index (χ4v) is 5.39. The number of hydrogen-bond donors (Lipinski definition) is 0. The highest BCUT2D eigenvalue weighted by Crippen LogP contribution is 2.45. The standard InChI is InChI=1S/C27H40O6/c1-7-27(5,6)26(30)33-23-13-16(2)12-19-9-8-17(3)22(25(19)23)11-10-20-14-21(31-18(4)28)15-24(29)32-20/h8-9,12,16-17,20-23,25H,7,10-11,13-15H2,1-6H3/t16-,17-,20-,21+,22-,23-,25-/m0/s1. The Labute approximate surface area is 198 Å². The number of hydrogen-bond acceptors (Lipinski definition) is 6. The molecule has 2 aliphatic carbocycles. The molecule has 0 aromatic heterocycles. The molecule has 184 valence electrons. The Kier molecular flexibility index (Phi) is 8.07. The molecular formula is C27H40O6. The molecule has 7 atom stereocenters. The van der Waals surface area contributed by atoms with Gasteiger partial charge in [0.25, 0.3) is 0 Å². The maximum Gasteiger partial charge on any atom is 0.311 e. The zero-order valence-electron chi connectivity index (χ0n) is 21.0. The van der Waals surface area contributed by atoms with E-state index in [1.807, 2.05) is 20.8 Å². The van der Waals surface area contributed by atoms with E-state index in [-0.39, 0.29) is 48.4 Å². The van der Waals surface area contributed by atoms with Crippen molar-refractivity contribution < 1.29 is 28.6 Å². The lowest BCUT2D eigenvalue weighted by Crippen LogP contribution is -2.43. The molecule has 1 fully saturated rings. The molecule has 0 spiro atoms. The Morgan fingerprint density at radius 3 is 2.55 bits per heavy atom. The van der Waals surface area contributed by atoms with Crippen molar-refractivity contribution in [3.8, 4) is 0 Å². The summed E-state index contributed by atoms with van der Waals surface area (Å²) in [5.41, 5.74) is 0.750. The number of rotatable bonds is 7. The second-order valence-corrected chi connectivity index (χ2v) is 10.8. The van der Waals surface area contributed by atoms with E-state index >= 15 is 0 Å². The number of ether oxygens (including phenoxy) is 3. The Morgan fingerprint density at radius 2 is 1.88 bits per heavy atom. The van der Waals surface area contributed by atoms with Crippen molar-refractivity contribution in [2.24, 2.45) is 29.1 Å². The summed E-state index contributed by atoms with van der Waals surface area (Å²) in [6, 6.07) is 0. The smallest absolute Gasteiger partial charge is 0.311 e. The predicted octanol–water partition coefficient (Wildman–Crippen LogP) is 5.16. The van der Waals surface area contributed by atoms with Crippen LogP contribution in [0, 0.1) is 29.1 Å². The molecule has 1 aliphatic heterocycles. The van der Waals surface area contributed by atoms with Crippen LogP contribution < -0.4 is 0 Å². The van der Waals surface area contributed by atoms with Crippen molar-refractivity contribution in [1.29, 1.82) is 0 Å². The normalized spacial score (nSPS) is 34.1. The molecule has 6 heteroatoms. The fraction of sp³-hybridized carbons (Fsp3) is 0.741. The highest BCUT2D eigenvalue weighted by Gasteiger charge is 2.43. The first-order valence-corrected chi connectivity index (χ1v) is 12.5. The van der Waals surface area contributed by atoms with E-state index in [4.69, 9.17) is 14.2 Å². The molecule has 33 heavy (non-hydrogen) atoms. The average Bonchev–Trinajstić information content (AvgIpc) is 2.72. The van der Waals surface area contributed by atoms with E-state index in [0.717, 1.165) is 19.3 Å². The van der Waals surface area contributed by atoms with Crippen molar-refractivity contribution in [2.45, 2.75) is 98.4 Å². The van der Waals surface area contributed by atoms with Crippen LogP contribution in [0.2, 0.25) is 0 Å². The quantitative estimate of drug-likeness (QED) is 0.386. The minimum Gasteiger partial charge on any atom is -0.462 e. The molecule has 1 saturated heterocycles. The molecule has 3 aliphatic rings. The van der Waals surface area contributed by atoms with Gasteiger partial charge < -0.3 is 14.2 Å². The van der Waals surface area contributed by atoms with Gasteiger partial charge >= 0.3 is 17.9 Å². The predicted molar refractivity (Wildman–Crippen MR) is 125 cm³/mol. The Balaban J connectivity index is 1.74.